The Morgan fingerprint density at radius 3 is 2.33 bits per heavy atom. The maximum Gasteiger partial charge on any atom is 0.0681 e. The van der Waals surface area contributed by atoms with Gasteiger partial charge < -0.3 is 10.0 Å². The number of aliphatic hydroxyl groups is 1. The maximum atomic E-state index is 9.16. The van der Waals surface area contributed by atoms with Crippen LogP contribution in [0.1, 0.15) is 25.0 Å². The van der Waals surface area contributed by atoms with E-state index in [1.54, 1.807) is 0 Å². The second-order valence-corrected chi connectivity index (χ2v) is 5.55. The molecule has 100 valence electrons. The highest BCUT2D eigenvalue weighted by atomic mass is 16.3. The van der Waals surface area contributed by atoms with Crippen molar-refractivity contribution in [3.8, 4) is 0 Å². The number of likely N-dealkylation sites (N-methyl/N-ethyl adjacent to an activating group) is 1. The van der Waals surface area contributed by atoms with Crippen molar-refractivity contribution in [2.45, 2.75) is 39.5 Å². The van der Waals surface area contributed by atoms with E-state index in [4.69, 9.17) is 5.11 Å². The molecule has 0 saturated carbocycles. The predicted octanol–water partition coefficient (Wildman–Crippen LogP) is 2.02. The van der Waals surface area contributed by atoms with Crippen LogP contribution >= 0.6 is 0 Å². The number of nitrogens with zero attached hydrogens (tertiary/aromatic N) is 2. The lowest BCUT2D eigenvalue weighted by Crippen LogP contribution is -2.55. The molecule has 0 aliphatic carbocycles. The third-order valence-corrected chi connectivity index (χ3v) is 4.14. The van der Waals surface area contributed by atoms with Gasteiger partial charge in [0.15, 0.2) is 0 Å². The van der Waals surface area contributed by atoms with Gasteiger partial charge in [0.05, 0.1) is 6.61 Å². The van der Waals surface area contributed by atoms with Crippen LogP contribution in [0.25, 0.3) is 0 Å². The zero-order chi connectivity index (χ0) is 13.3. The Bertz CT molecular complexity index is 407. The van der Waals surface area contributed by atoms with Gasteiger partial charge in [-0.25, -0.2) is 0 Å². The summed E-state index contributed by atoms with van der Waals surface area (Å²) in [5.74, 6) is 0. The third kappa shape index (κ3) is 2.52. The number of rotatable bonds is 2. The molecule has 1 aromatic carbocycles. The van der Waals surface area contributed by atoms with Crippen molar-refractivity contribution < 1.29 is 5.11 Å². The van der Waals surface area contributed by atoms with E-state index in [9.17, 15) is 0 Å². The van der Waals surface area contributed by atoms with E-state index >= 15 is 0 Å². The lowest BCUT2D eigenvalue weighted by molar-refractivity contribution is 0.170. The summed E-state index contributed by atoms with van der Waals surface area (Å²) in [4.78, 5) is 4.90. The van der Waals surface area contributed by atoms with Crippen LogP contribution in [0.4, 0.5) is 5.69 Å². The quantitative estimate of drug-likeness (QED) is 0.867. The summed E-state index contributed by atoms with van der Waals surface area (Å²) in [5.41, 5.74) is 3.55. The normalized spacial score (nSPS) is 25.5. The molecule has 0 radical (unpaired) electrons. The number of hydrogen-bond donors (Lipinski definition) is 1. The highest BCUT2D eigenvalue weighted by molar-refractivity contribution is 5.55. The first-order valence-electron chi connectivity index (χ1n) is 6.70. The number of anilines is 1. The van der Waals surface area contributed by atoms with Crippen molar-refractivity contribution in [2.75, 3.05) is 25.0 Å². The predicted molar refractivity (Wildman–Crippen MR) is 76.0 cm³/mol. The van der Waals surface area contributed by atoms with Gasteiger partial charge in [-0.05, 0) is 45.0 Å². The van der Waals surface area contributed by atoms with Crippen LogP contribution in [0.3, 0.4) is 0 Å². The van der Waals surface area contributed by atoms with Crippen molar-refractivity contribution in [2.24, 2.45) is 0 Å². The van der Waals surface area contributed by atoms with Crippen molar-refractivity contribution >= 4 is 5.69 Å². The number of hydrogen-bond acceptors (Lipinski definition) is 3. The third-order valence-electron chi connectivity index (χ3n) is 4.14. The standard InChI is InChI=1S/C15H24N2O/c1-11-7-14(10-18)5-6-15(11)17-8-12(2)16(4)13(3)9-17/h5-7,12-13,18H,8-10H2,1-4H3. The number of piperazine rings is 1. The van der Waals surface area contributed by atoms with Gasteiger partial charge in [0.25, 0.3) is 0 Å². The smallest absolute Gasteiger partial charge is 0.0681 e. The molecular weight excluding hydrogens is 224 g/mol. The minimum atomic E-state index is 0.122. The van der Waals surface area contributed by atoms with Crippen LogP contribution < -0.4 is 4.90 Å². The molecule has 1 heterocycles. The molecule has 1 aliphatic rings. The zero-order valence-electron chi connectivity index (χ0n) is 11.8. The molecule has 0 bridgehead atoms. The fourth-order valence-electron chi connectivity index (χ4n) is 2.77. The van der Waals surface area contributed by atoms with Crippen LogP contribution in [-0.4, -0.2) is 42.2 Å². The Kier molecular flexibility index (Phi) is 3.93. The number of aliphatic hydroxyl groups excluding tert-OH is 1. The minimum absolute atomic E-state index is 0.122. The summed E-state index contributed by atoms with van der Waals surface area (Å²) in [5, 5.41) is 9.16. The van der Waals surface area contributed by atoms with E-state index in [1.165, 1.54) is 11.3 Å². The van der Waals surface area contributed by atoms with Crippen molar-refractivity contribution in [1.82, 2.24) is 4.90 Å². The van der Waals surface area contributed by atoms with Crippen LogP contribution in [-0.2, 0) is 6.61 Å². The molecule has 1 fully saturated rings. The Hall–Kier alpha value is -1.06. The molecule has 2 rings (SSSR count). The van der Waals surface area contributed by atoms with Gasteiger partial charge in [0.1, 0.15) is 0 Å². The molecule has 1 aliphatic heterocycles. The summed E-state index contributed by atoms with van der Waals surface area (Å²) in [6.45, 7) is 8.94. The molecule has 0 aromatic heterocycles. The lowest BCUT2D eigenvalue weighted by atomic mass is 10.0. The average Bonchev–Trinajstić information content (AvgIpc) is 2.35. The van der Waals surface area contributed by atoms with Crippen LogP contribution in [0.15, 0.2) is 18.2 Å². The topological polar surface area (TPSA) is 26.7 Å². The highest BCUT2D eigenvalue weighted by Crippen LogP contribution is 2.25. The second kappa shape index (κ2) is 5.29. The summed E-state index contributed by atoms with van der Waals surface area (Å²) in [6, 6.07) is 7.40. The van der Waals surface area contributed by atoms with Crippen molar-refractivity contribution in [3.05, 3.63) is 29.3 Å². The van der Waals surface area contributed by atoms with Gasteiger partial charge in [-0.1, -0.05) is 12.1 Å². The molecular formula is C15H24N2O. The fourth-order valence-corrected chi connectivity index (χ4v) is 2.77. The molecule has 1 N–H and O–H groups in total. The van der Waals surface area contributed by atoms with E-state index in [1.807, 2.05) is 6.07 Å². The van der Waals surface area contributed by atoms with Crippen molar-refractivity contribution in [1.29, 1.82) is 0 Å². The SMILES string of the molecule is Cc1cc(CO)ccc1N1CC(C)N(C)C(C)C1. The Balaban J connectivity index is 2.21. The molecule has 18 heavy (non-hydrogen) atoms. The van der Waals surface area contributed by atoms with E-state index in [0.29, 0.717) is 12.1 Å². The zero-order valence-corrected chi connectivity index (χ0v) is 11.8. The fraction of sp³-hybridized carbons (Fsp3) is 0.600. The lowest BCUT2D eigenvalue weighted by Gasteiger charge is -2.44. The Morgan fingerprint density at radius 2 is 1.83 bits per heavy atom. The first-order valence-corrected chi connectivity index (χ1v) is 6.70. The molecule has 0 spiro atoms. The summed E-state index contributed by atoms with van der Waals surface area (Å²) in [7, 11) is 2.20. The molecule has 1 aromatic rings. The summed E-state index contributed by atoms with van der Waals surface area (Å²) in [6.07, 6.45) is 0. The molecule has 2 unspecified atom stereocenters. The van der Waals surface area contributed by atoms with Gasteiger partial charge in [-0.3, -0.25) is 4.90 Å². The molecule has 3 nitrogen and oxygen atoms in total. The summed E-state index contributed by atoms with van der Waals surface area (Å²) < 4.78 is 0. The van der Waals surface area contributed by atoms with E-state index in [0.717, 1.165) is 18.7 Å². The van der Waals surface area contributed by atoms with Crippen molar-refractivity contribution in [3.63, 3.8) is 0 Å². The first-order chi connectivity index (χ1) is 8.52. The van der Waals surface area contributed by atoms with E-state index in [-0.39, 0.29) is 6.61 Å². The van der Waals surface area contributed by atoms with Gasteiger partial charge >= 0.3 is 0 Å². The second-order valence-electron chi connectivity index (χ2n) is 5.55. The van der Waals surface area contributed by atoms with E-state index < -0.39 is 0 Å². The van der Waals surface area contributed by atoms with Crippen LogP contribution in [0.2, 0.25) is 0 Å². The number of aryl methyl sites for hydroxylation is 1. The Labute approximate surface area is 110 Å². The first kappa shape index (κ1) is 13.4. The minimum Gasteiger partial charge on any atom is -0.392 e. The highest BCUT2D eigenvalue weighted by Gasteiger charge is 2.27. The van der Waals surface area contributed by atoms with Crippen LogP contribution in [0.5, 0.6) is 0 Å². The maximum absolute atomic E-state index is 9.16. The number of benzene rings is 1. The molecule has 3 heteroatoms. The molecule has 0 amide bonds. The van der Waals surface area contributed by atoms with Crippen LogP contribution in [0, 0.1) is 6.92 Å². The van der Waals surface area contributed by atoms with Gasteiger partial charge in [0.2, 0.25) is 0 Å². The van der Waals surface area contributed by atoms with Gasteiger partial charge in [-0.2, -0.15) is 0 Å². The monoisotopic (exact) mass is 248 g/mol. The van der Waals surface area contributed by atoms with Gasteiger partial charge in [0, 0.05) is 30.9 Å². The van der Waals surface area contributed by atoms with E-state index in [2.05, 4.69) is 49.8 Å². The summed E-state index contributed by atoms with van der Waals surface area (Å²) >= 11 is 0. The molecule has 1 saturated heterocycles. The Morgan fingerprint density at radius 1 is 1.22 bits per heavy atom. The van der Waals surface area contributed by atoms with Gasteiger partial charge in [-0.15, -0.1) is 0 Å². The molecule has 2 atom stereocenters. The average molecular weight is 248 g/mol. The largest absolute Gasteiger partial charge is 0.392 e.